The molecule has 1 heterocycles. The Morgan fingerprint density at radius 3 is 2.80 bits per heavy atom. The first-order chi connectivity index (χ1) is 9.54. The quantitative estimate of drug-likeness (QED) is 0.731. The molecule has 3 rings (SSSR count). The van der Waals surface area contributed by atoms with Crippen molar-refractivity contribution < 1.29 is 14.3 Å². The molecule has 20 heavy (non-hydrogen) atoms. The number of carbonyl (C=O) groups is 1. The molecule has 0 fully saturated rings. The number of halogens is 2. The van der Waals surface area contributed by atoms with Crippen molar-refractivity contribution in [2.24, 2.45) is 0 Å². The Morgan fingerprint density at radius 2 is 2.05 bits per heavy atom. The highest BCUT2D eigenvalue weighted by Gasteiger charge is 2.13. The standard InChI is InChI=1S/C14H7BrClNO3/c15-8-2-3-10(16)9(6-8)13-17-11-5-7(14(18)19)1-4-12(11)20-13/h1-6H,(H,18,19). The van der Waals surface area contributed by atoms with Gasteiger partial charge in [0.2, 0.25) is 5.89 Å². The van der Waals surface area contributed by atoms with Crippen LogP contribution in [0.15, 0.2) is 45.3 Å². The van der Waals surface area contributed by atoms with Crippen LogP contribution in [0.4, 0.5) is 0 Å². The van der Waals surface area contributed by atoms with Gasteiger partial charge in [-0.05, 0) is 36.4 Å². The summed E-state index contributed by atoms with van der Waals surface area (Å²) in [5.74, 6) is -0.647. The lowest BCUT2D eigenvalue weighted by Crippen LogP contribution is -1.94. The molecular formula is C14H7BrClNO3. The zero-order valence-corrected chi connectivity index (χ0v) is 12.3. The van der Waals surface area contributed by atoms with E-state index in [1.165, 1.54) is 12.1 Å². The van der Waals surface area contributed by atoms with Gasteiger partial charge in [0.1, 0.15) is 5.52 Å². The topological polar surface area (TPSA) is 63.3 Å². The molecule has 4 nitrogen and oxygen atoms in total. The molecule has 0 spiro atoms. The number of benzene rings is 2. The fourth-order valence-electron chi connectivity index (χ4n) is 1.84. The fraction of sp³-hybridized carbons (Fsp3) is 0. The summed E-state index contributed by atoms with van der Waals surface area (Å²) in [5.41, 5.74) is 1.81. The van der Waals surface area contributed by atoms with Gasteiger partial charge in [0, 0.05) is 4.47 Å². The van der Waals surface area contributed by atoms with E-state index in [2.05, 4.69) is 20.9 Å². The predicted molar refractivity (Wildman–Crippen MR) is 79.1 cm³/mol. The first-order valence-electron chi connectivity index (χ1n) is 5.64. The summed E-state index contributed by atoms with van der Waals surface area (Å²) in [4.78, 5) is 15.2. The van der Waals surface area contributed by atoms with Crippen LogP contribution in [0.5, 0.6) is 0 Å². The number of carboxylic acids is 1. The van der Waals surface area contributed by atoms with Crippen LogP contribution < -0.4 is 0 Å². The summed E-state index contributed by atoms with van der Waals surface area (Å²) in [5, 5.41) is 9.48. The summed E-state index contributed by atoms with van der Waals surface area (Å²) in [6, 6.07) is 9.88. The van der Waals surface area contributed by atoms with Gasteiger partial charge in [0.15, 0.2) is 5.58 Å². The maximum absolute atomic E-state index is 10.9. The van der Waals surface area contributed by atoms with E-state index in [9.17, 15) is 4.79 Å². The molecule has 1 aromatic heterocycles. The van der Waals surface area contributed by atoms with Gasteiger partial charge in [0.25, 0.3) is 0 Å². The molecule has 0 atom stereocenters. The van der Waals surface area contributed by atoms with Crippen molar-refractivity contribution >= 4 is 44.6 Å². The molecule has 0 aliphatic heterocycles. The molecule has 0 saturated heterocycles. The molecule has 100 valence electrons. The molecule has 0 bridgehead atoms. The molecule has 0 amide bonds. The SMILES string of the molecule is O=C(O)c1ccc2oc(-c3cc(Br)ccc3Cl)nc2c1. The van der Waals surface area contributed by atoms with Crippen molar-refractivity contribution in [1.82, 2.24) is 4.98 Å². The van der Waals surface area contributed by atoms with Crippen LogP contribution in [0, 0.1) is 0 Å². The largest absolute Gasteiger partial charge is 0.478 e. The van der Waals surface area contributed by atoms with E-state index in [0.29, 0.717) is 27.6 Å². The number of hydrogen-bond donors (Lipinski definition) is 1. The lowest BCUT2D eigenvalue weighted by molar-refractivity contribution is 0.0697. The van der Waals surface area contributed by atoms with Crippen molar-refractivity contribution in [1.29, 1.82) is 0 Å². The van der Waals surface area contributed by atoms with E-state index in [4.69, 9.17) is 21.1 Å². The molecule has 0 aliphatic rings. The minimum Gasteiger partial charge on any atom is -0.478 e. The first kappa shape index (κ1) is 13.1. The van der Waals surface area contributed by atoms with Crippen LogP contribution in [0.25, 0.3) is 22.6 Å². The monoisotopic (exact) mass is 351 g/mol. The third-order valence-electron chi connectivity index (χ3n) is 2.79. The van der Waals surface area contributed by atoms with Gasteiger partial charge >= 0.3 is 5.97 Å². The molecule has 0 unspecified atom stereocenters. The van der Waals surface area contributed by atoms with E-state index in [1.54, 1.807) is 18.2 Å². The molecular weight excluding hydrogens is 346 g/mol. The number of carboxylic acid groups (broad SMARTS) is 1. The number of oxazole rings is 1. The van der Waals surface area contributed by atoms with E-state index in [1.807, 2.05) is 6.07 Å². The maximum Gasteiger partial charge on any atom is 0.335 e. The van der Waals surface area contributed by atoms with Crippen LogP contribution in [-0.2, 0) is 0 Å². The van der Waals surface area contributed by atoms with Crippen molar-refractivity contribution in [3.8, 4) is 11.5 Å². The smallest absolute Gasteiger partial charge is 0.335 e. The number of rotatable bonds is 2. The Balaban J connectivity index is 2.17. The highest BCUT2D eigenvalue weighted by atomic mass is 79.9. The van der Waals surface area contributed by atoms with Crippen molar-refractivity contribution in [3.63, 3.8) is 0 Å². The second kappa shape index (κ2) is 4.92. The molecule has 1 N–H and O–H groups in total. The zero-order valence-electron chi connectivity index (χ0n) is 9.93. The Hall–Kier alpha value is -1.85. The van der Waals surface area contributed by atoms with Crippen LogP contribution >= 0.6 is 27.5 Å². The molecule has 2 aromatic carbocycles. The number of fused-ring (bicyclic) bond motifs is 1. The Labute approximate surface area is 127 Å². The second-order valence-electron chi connectivity index (χ2n) is 4.13. The van der Waals surface area contributed by atoms with Gasteiger partial charge in [-0.2, -0.15) is 0 Å². The summed E-state index contributed by atoms with van der Waals surface area (Å²) in [7, 11) is 0. The van der Waals surface area contributed by atoms with Crippen molar-refractivity contribution in [3.05, 3.63) is 51.5 Å². The summed E-state index contributed by atoms with van der Waals surface area (Å²) in [6.07, 6.45) is 0. The number of nitrogens with zero attached hydrogens (tertiary/aromatic N) is 1. The minimum atomic E-state index is -1.00. The number of hydrogen-bond acceptors (Lipinski definition) is 3. The van der Waals surface area contributed by atoms with E-state index < -0.39 is 5.97 Å². The normalized spacial score (nSPS) is 10.9. The van der Waals surface area contributed by atoms with Crippen LogP contribution in [0.1, 0.15) is 10.4 Å². The van der Waals surface area contributed by atoms with E-state index >= 15 is 0 Å². The molecule has 3 aromatic rings. The predicted octanol–water partition coefficient (Wildman–Crippen LogP) is 4.61. The van der Waals surface area contributed by atoms with Crippen LogP contribution in [0.3, 0.4) is 0 Å². The van der Waals surface area contributed by atoms with Gasteiger partial charge in [-0.25, -0.2) is 9.78 Å². The number of aromatic nitrogens is 1. The summed E-state index contributed by atoms with van der Waals surface area (Å²) < 4.78 is 6.47. The molecule has 0 radical (unpaired) electrons. The van der Waals surface area contributed by atoms with Gasteiger partial charge in [0.05, 0.1) is 16.1 Å². The van der Waals surface area contributed by atoms with Crippen molar-refractivity contribution in [2.75, 3.05) is 0 Å². The summed E-state index contributed by atoms with van der Waals surface area (Å²) in [6.45, 7) is 0. The molecule has 6 heteroatoms. The van der Waals surface area contributed by atoms with Gasteiger partial charge in [-0.15, -0.1) is 0 Å². The van der Waals surface area contributed by atoms with Gasteiger partial charge in [-0.3, -0.25) is 0 Å². The zero-order chi connectivity index (χ0) is 14.3. The van der Waals surface area contributed by atoms with Crippen molar-refractivity contribution in [2.45, 2.75) is 0 Å². The summed E-state index contributed by atoms with van der Waals surface area (Å²) >= 11 is 9.49. The molecule has 0 aliphatic carbocycles. The minimum absolute atomic E-state index is 0.165. The highest BCUT2D eigenvalue weighted by molar-refractivity contribution is 9.10. The van der Waals surface area contributed by atoms with Gasteiger partial charge in [-0.1, -0.05) is 27.5 Å². The number of aromatic carboxylic acids is 1. The van der Waals surface area contributed by atoms with Crippen LogP contribution in [-0.4, -0.2) is 16.1 Å². The highest BCUT2D eigenvalue weighted by Crippen LogP contribution is 2.32. The Bertz CT molecular complexity index is 828. The Morgan fingerprint density at radius 1 is 1.25 bits per heavy atom. The van der Waals surface area contributed by atoms with Gasteiger partial charge < -0.3 is 9.52 Å². The average Bonchev–Trinajstić information content (AvgIpc) is 2.83. The third-order valence-corrected chi connectivity index (χ3v) is 3.62. The second-order valence-corrected chi connectivity index (χ2v) is 5.45. The molecule has 0 saturated carbocycles. The lowest BCUT2D eigenvalue weighted by Gasteiger charge is -1.99. The van der Waals surface area contributed by atoms with Crippen LogP contribution in [0.2, 0.25) is 5.02 Å². The first-order valence-corrected chi connectivity index (χ1v) is 6.81. The van der Waals surface area contributed by atoms with E-state index in [0.717, 1.165) is 4.47 Å². The fourth-order valence-corrected chi connectivity index (χ4v) is 2.40. The Kier molecular flexibility index (Phi) is 3.23. The van der Waals surface area contributed by atoms with E-state index in [-0.39, 0.29) is 5.56 Å². The maximum atomic E-state index is 10.9. The third kappa shape index (κ3) is 2.30. The average molecular weight is 353 g/mol. The lowest BCUT2D eigenvalue weighted by atomic mass is 10.2.